The van der Waals surface area contributed by atoms with Gasteiger partial charge in [-0.2, -0.15) is 0 Å². The van der Waals surface area contributed by atoms with E-state index in [4.69, 9.17) is 17.3 Å². The normalized spacial score (nSPS) is 18.1. The molecule has 1 atom stereocenters. The maximum Gasteiger partial charge on any atom is 0.239 e. The van der Waals surface area contributed by atoms with Gasteiger partial charge in [-0.3, -0.25) is 9.59 Å². The van der Waals surface area contributed by atoms with Crippen LogP contribution in [0.2, 0.25) is 0 Å². The first-order valence-electron chi connectivity index (χ1n) is 12.0. The fraction of sp³-hybridized carbons (Fsp3) is 0.385. The number of carbonyl (C=O) groups is 2. The summed E-state index contributed by atoms with van der Waals surface area (Å²) in [7, 11) is 1.97. The number of fused-ring (bicyclic) bond motifs is 1. The SMILES string of the molecule is Cn1c(-c2ccc(NC(=O)CCl)cc2)c(C2=CC[C@H](C(=O)N3CCCC3)CC2)c2c(N)ncnc21. The highest BCUT2D eigenvalue weighted by Gasteiger charge is 2.30. The lowest BCUT2D eigenvalue weighted by Gasteiger charge is -2.26. The van der Waals surface area contributed by atoms with E-state index in [1.54, 1.807) is 0 Å². The van der Waals surface area contributed by atoms with E-state index in [1.807, 2.05) is 40.8 Å². The van der Waals surface area contributed by atoms with Gasteiger partial charge in [-0.25, -0.2) is 9.97 Å². The summed E-state index contributed by atoms with van der Waals surface area (Å²) in [5.74, 6) is 0.414. The van der Waals surface area contributed by atoms with Crippen LogP contribution in [-0.2, 0) is 16.6 Å². The molecule has 35 heavy (non-hydrogen) atoms. The second-order valence-electron chi connectivity index (χ2n) is 9.23. The van der Waals surface area contributed by atoms with E-state index in [9.17, 15) is 9.59 Å². The van der Waals surface area contributed by atoms with E-state index in [0.717, 1.165) is 78.6 Å². The van der Waals surface area contributed by atoms with Gasteiger partial charge in [0.1, 0.15) is 23.7 Å². The zero-order valence-electron chi connectivity index (χ0n) is 19.8. The Morgan fingerprint density at radius 1 is 1.17 bits per heavy atom. The number of anilines is 2. The largest absolute Gasteiger partial charge is 0.383 e. The molecule has 3 N–H and O–H groups in total. The van der Waals surface area contributed by atoms with Gasteiger partial charge in [0, 0.05) is 37.3 Å². The summed E-state index contributed by atoms with van der Waals surface area (Å²) in [6.45, 7) is 1.77. The van der Waals surface area contributed by atoms with Crippen LogP contribution in [0.5, 0.6) is 0 Å². The molecule has 1 saturated heterocycles. The monoisotopic (exact) mass is 492 g/mol. The van der Waals surface area contributed by atoms with E-state index in [1.165, 1.54) is 6.33 Å². The van der Waals surface area contributed by atoms with Crippen LogP contribution in [0.25, 0.3) is 27.9 Å². The van der Waals surface area contributed by atoms with Gasteiger partial charge in [-0.05, 0) is 55.4 Å². The number of aromatic nitrogens is 3. The summed E-state index contributed by atoms with van der Waals surface area (Å²) in [5, 5.41) is 3.60. The number of alkyl halides is 1. The van der Waals surface area contributed by atoms with Crippen molar-refractivity contribution in [2.24, 2.45) is 13.0 Å². The van der Waals surface area contributed by atoms with Crippen molar-refractivity contribution in [2.45, 2.75) is 32.1 Å². The van der Waals surface area contributed by atoms with E-state index in [-0.39, 0.29) is 23.6 Å². The Balaban J connectivity index is 1.53. The number of likely N-dealkylation sites (tertiary alicyclic amines) is 1. The first-order chi connectivity index (χ1) is 17.0. The number of halogens is 1. The molecule has 0 radical (unpaired) electrons. The highest BCUT2D eigenvalue weighted by Crippen LogP contribution is 2.43. The maximum absolute atomic E-state index is 12.9. The van der Waals surface area contributed by atoms with Gasteiger partial charge in [0.2, 0.25) is 11.8 Å². The number of benzene rings is 1. The van der Waals surface area contributed by atoms with Crippen molar-refractivity contribution in [2.75, 3.05) is 30.0 Å². The van der Waals surface area contributed by atoms with Crippen molar-refractivity contribution in [3.8, 4) is 11.3 Å². The Morgan fingerprint density at radius 2 is 1.91 bits per heavy atom. The van der Waals surface area contributed by atoms with Gasteiger partial charge < -0.3 is 20.5 Å². The first-order valence-corrected chi connectivity index (χ1v) is 12.5. The third kappa shape index (κ3) is 4.38. The molecule has 2 aromatic heterocycles. The third-order valence-corrected chi connectivity index (χ3v) is 7.30. The Morgan fingerprint density at radius 3 is 2.57 bits per heavy atom. The number of hydrogen-bond donors (Lipinski definition) is 2. The molecule has 9 heteroatoms. The van der Waals surface area contributed by atoms with Crippen LogP contribution in [0, 0.1) is 5.92 Å². The zero-order valence-corrected chi connectivity index (χ0v) is 20.5. The number of allylic oxidation sites excluding steroid dienone is 2. The lowest BCUT2D eigenvalue weighted by atomic mass is 9.84. The molecule has 8 nitrogen and oxygen atoms in total. The van der Waals surface area contributed by atoms with Crippen LogP contribution in [-0.4, -0.2) is 50.2 Å². The Labute approximate surface area is 209 Å². The standard InChI is InChI=1S/C26H29ClN6O2/c1-32-23(17-8-10-19(11-9-17)31-20(34)14-27)21(22-24(28)29-15-30-25(22)32)16-4-6-18(7-5-16)26(35)33-12-2-3-13-33/h4,8-11,15,18H,2-3,5-7,12-14H2,1H3,(H,31,34)(H2,28,29,30)/t18-/m0/s1. The molecule has 5 rings (SSSR count). The summed E-state index contributed by atoms with van der Waals surface area (Å²) < 4.78 is 2.04. The number of aryl methyl sites for hydroxylation is 1. The Kier molecular flexibility index (Phi) is 6.47. The number of nitrogen functional groups attached to an aromatic ring is 1. The number of amides is 2. The van der Waals surface area contributed by atoms with Gasteiger partial charge >= 0.3 is 0 Å². The summed E-state index contributed by atoms with van der Waals surface area (Å²) >= 11 is 5.61. The molecule has 0 unspecified atom stereocenters. The molecule has 3 aromatic rings. The van der Waals surface area contributed by atoms with Gasteiger partial charge in [-0.15, -0.1) is 11.6 Å². The van der Waals surface area contributed by atoms with Crippen molar-refractivity contribution in [1.29, 1.82) is 0 Å². The molecule has 0 spiro atoms. The number of rotatable bonds is 5. The minimum Gasteiger partial charge on any atom is -0.383 e. The molecule has 1 aliphatic carbocycles. The zero-order chi connectivity index (χ0) is 24.5. The number of nitrogens with zero attached hydrogens (tertiary/aromatic N) is 4. The van der Waals surface area contributed by atoms with Gasteiger partial charge in [0.05, 0.1) is 11.1 Å². The van der Waals surface area contributed by atoms with E-state index in [0.29, 0.717) is 11.5 Å². The predicted molar refractivity (Wildman–Crippen MR) is 139 cm³/mol. The number of hydrogen-bond acceptors (Lipinski definition) is 5. The van der Waals surface area contributed by atoms with Crippen LogP contribution in [0.1, 0.15) is 37.7 Å². The quantitative estimate of drug-likeness (QED) is 0.519. The molecule has 0 bridgehead atoms. The summed E-state index contributed by atoms with van der Waals surface area (Å²) in [6, 6.07) is 7.65. The summed E-state index contributed by atoms with van der Waals surface area (Å²) in [4.78, 5) is 35.4. The molecule has 0 saturated carbocycles. The minimum atomic E-state index is -0.252. The average molecular weight is 493 g/mol. The fourth-order valence-corrected chi connectivity index (χ4v) is 5.38. The molecule has 3 heterocycles. The van der Waals surface area contributed by atoms with Crippen molar-refractivity contribution in [3.05, 3.63) is 42.2 Å². The molecule has 1 aliphatic heterocycles. The van der Waals surface area contributed by atoms with Crippen molar-refractivity contribution < 1.29 is 9.59 Å². The van der Waals surface area contributed by atoms with Crippen molar-refractivity contribution in [3.63, 3.8) is 0 Å². The molecule has 2 aliphatic rings. The summed E-state index contributed by atoms with van der Waals surface area (Å²) in [5.41, 5.74) is 11.9. The van der Waals surface area contributed by atoms with Crippen LogP contribution in [0.15, 0.2) is 36.7 Å². The van der Waals surface area contributed by atoms with Crippen LogP contribution in [0.4, 0.5) is 11.5 Å². The van der Waals surface area contributed by atoms with Crippen LogP contribution < -0.4 is 11.1 Å². The third-order valence-electron chi connectivity index (χ3n) is 7.06. The van der Waals surface area contributed by atoms with E-state index in [2.05, 4.69) is 21.4 Å². The first kappa shape index (κ1) is 23.4. The fourth-order valence-electron chi connectivity index (χ4n) is 5.31. The lowest BCUT2D eigenvalue weighted by Crippen LogP contribution is -2.34. The van der Waals surface area contributed by atoms with Gasteiger partial charge in [0.15, 0.2) is 0 Å². The maximum atomic E-state index is 12.9. The van der Waals surface area contributed by atoms with Crippen molar-refractivity contribution >= 4 is 51.5 Å². The van der Waals surface area contributed by atoms with Gasteiger partial charge in [0.25, 0.3) is 0 Å². The highest BCUT2D eigenvalue weighted by atomic mass is 35.5. The molecular formula is C26H29ClN6O2. The van der Waals surface area contributed by atoms with Crippen molar-refractivity contribution in [1.82, 2.24) is 19.4 Å². The Bertz CT molecular complexity index is 1310. The second kappa shape index (κ2) is 9.70. The van der Waals surface area contributed by atoms with E-state index < -0.39 is 0 Å². The number of nitrogens with two attached hydrogens (primary N) is 1. The molecule has 182 valence electrons. The Hall–Kier alpha value is -3.39. The topological polar surface area (TPSA) is 106 Å². The van der Waals surface area contributed by atoms with Crippen LogP contribution in [0.3, 0.4) is 0 Å². The van der Waals surface area contributed by atoms with E-state index >= 15 is 0 Å². The minimum absolute atomic E-state index is 0.0358. The number of carbonyl (C=O) groups excluding carboxylic acids is 2. The molecular weight excluding hydrogens is 464 g/mol. The lowest BCUT2D eigenvalue weighted by molar-refractivity contribution is -0.134. The molecule has 2 amide bonds. The molecule has 1 fully saturated rings. The highest BCUT2D eigenvalue weighted by molar-refractivity contribution is 6.29. The second-order valence-corrected chi connectivity index (χ2v) is 9.50. The predicted octanol–water partition coefficient (Wildman–Crippen LogP) is 4.20. The average Bonchev–Trinajstić information content (AvgIpc) is 3.52. The summed E-state index contributed by atoms with van der Waals surface area (Å²) in [6.07, 6.45) is 8.21. The van der Waals surface area contributed by atoms with Gasteiger partial charge in [-0.1, -0.05) is 18.2 Å². The molecule has 1 aromatic carbocycles. The number of nitrogens with one attached hydrogen (secondary N) is 1. The smallest absolute Gasteiger partial charge is 0.239 e. The van der Waals surface area contributed by atoms with Crippen LogP contribution >= 0.6 is 11.6 Å².